The zero-order chi connectivity index (χ0) is 12.5. The molecular formula is C14H13N3O. The van der Waals surface area contributed by atoms with Gasteiger partial charge in [0.05, 0.1) is 17.8 Å². The molecule has 0 aliphatic carbocycles. The van der Waals surface area contributed by atoms with Crippen LogP contribution in [0.25, 0.3) is 11.3 Å². The Hall–Kier alpha value is -2.36. The highest BCUT2D eigenvalue weighted by Crippen LogP contribution is 2.14. The molecule has 0 fully saturated rings. The summed E-state index contributed by atoms with van der Waals surface area (Å²) >= 11 is 0. The highest BCUT2D eigenvalue weighted by molar-refractivity contribution is 5.57. The fourth-order valence-corrected chi connectivity index (χ4v) is 2.02. The summed E-state index contributed by atoms with van der Waals surface area (Å²) in [6.45, 7) is 0.512. The van der Waals surface area contributed by atoms with Crippen molar-refractivity contribution in [2.24, 2.45) is 7.05 Å². The lowest BCUT2D eigenvalue weighted by molar-refractivity contribution is 0.669. The first kappa shape index (κ1) is 10.8. The minimum Gasteiger partial charge on any atom is -0.356 e. The first-order chi connectivity index (χ1) is 8.74. The predicted molar refractivity (Wildman–Crippen MR) is 69.6 cm³/mol. The number of nitrogens with zero attached hydrogens (tertiary/aromatic N) is 3. The Labute approximate surface area is 104 Å². The van der Waals surface area contributed by atoms with Crippen molar-refractivity contribution in [3.8, 4) is 11.3 Å². The molecule has 2 aliphatic heterocycles. The van der Waals surface area contributed by atoms with E-state index < -0.39 is 0 Å². The molecule has 90 valence electrons. The van der Waals surface area contributed by atoms with E-state index in [1.165, 1.54) is 4.68 Å². The fraction of sp³-hybridized carbons (Fsp3) is 0.143. The van der Waals surface area contributed by atoms with Gasteiger partial charge in [-0.25, -0.2) is 4.68 Å². The fourth-order valence-electron chi connectivity index (χ4n) is 2.02. The molecule has 1 aromatic rings. The zero-order valence-electron chi connectivity index (χ0n) is 10.1. The molecule has 0 aromatic heterocycles. The summed E-state index contributed by atoms with van der Waals surface area (Å²) in [5.41, 5.74) is 2.45. The number of rotatable bonds is 2. The highest BCUT2D eigenvalue weighted by atomic mass is 16.1. The molecule has 0 atom stereocenters. The quantitative estimate of drug-likeness (QED) is 0.683. The summed E-state index contributed by atoms with van der Waals surface area (Å²) in [6.07, 6.45) is 3.70. The van der Waals surface area contributed by atoms with E-state index in [9.17, 15) is 4.79 Å². The predicted octanol–water partition coefficient (Wildman–Crippen LogP) is 1.73. The number of pyridine rings is 1. The maximum atomic E-state index is 12.2. The molecule has 2 aliphatic rings. The molecule has 2 heterocycles. The van der Waals surface area contributed by atoms with E-state index in [-0.39, 0.29) is 5.56 Å². The molecule has 0 saturated heterocycles. The minimum absolute atomic E-state index is 0.0370. The van der Waals surface area contributed by atoms with E-state index in [2.05, 4.69) is 5.10 Å². The van der Waals surface area contributed by atoms with Gasteiger partial charge in [-0.3, -0.25) is 4.79 Å². The third kappa shape index (κ3) is 1.82. The van der Waals surface area contributed by atoms with Gasteiger partial charge in [-0.1, -0.05) is 30.3 Å². The van der Waals surface area contributed by atoms with Crippen molar-refractivity contribution >= 4 is 0 Å². The average Bonchev–Trinajstić information content (AvgIpc) is 2.68. The lowest BCUT2D eigenvalue weighted by Crippen LogP contribution is -2.17. The van der Waals surface area contributed by atoms with Crippen molar-refractivity contribution < 1.29 is 0 Å². The molecule has 0 bridgehead atoms. The first-order valence-electron chi connectivity index (χ1n) is 5.81. The monoisotopic (exact) mass is 239 g/mol. The van der Waals surface area contributed by atoms with Crippen LogP contribution in [0.2, 0.25) is 0 Å². The molecule has 3 rings (SSSR count). The van der Waals surface area contributed by atoms with Crippen molar-refractivity contribution in [3.63, 3.8) is 0 Å². The summed E-state index contributed by atoms with van der Waals surface area (Å²) in [7, 11) is 1.90. The number of fused-ring (bicyclic) bond motifs is 1. The number of aryl methyl sites for hydroxylation is 1. The molecule has 0 spiro atoms. The number of hydrogen-bond acceptors (Lipinski definition) is 2. The van der Waals surface area contributed by atoms with Gasteiger partial charge in [-0.15, -0.1) is 0 Å². The van der Waals surface area contributed by atoms with E-state index >= 15 is 0 Å². The average molecular weight is 239 g/mol. The van der Waals surface area contributed by atoms with Crippen molar-refractivity contribution in [1.82, 2.24) is 14.3 Å². The molecular weight excluding hydrogens is 226 g/mol. The van der Waals surface area contributed by atoms with Gasteiger partial charge in [0.25, 0.3) is 5.56 Å². The number of benzene rings is 1. The summed E-state index contributed by atoms with van der Waals surface area (Å²) in [6, 6.07) is 11.7. The molecule has 1 aromatic carbocycles. The lowest BCUT2D eigenvalue weighted by Gasteiger charge is -1.98. The second-order valence-corrected chi connectivity index (χ2v) is 4.36. The van der Waals surface area contributed by atoms with Gasteiger partial charge >= 0.3 is 0 Å². The molecule has 0 saturated carbocycles. The molecule has 0 amide bonds. The molecule has 4 heteroatoms. The first-order valence-corrected chi connectivity index (χ1v) is 5.81. The van der Waals surface area contributed by atoms with E-state index in [0.29, 0.717) is 12.1 Å². The van der Waals surface area contributed by atoms with E-state index in [4.69, 9.17) is 0 Å². The van der Waals surface area contributed by atoms with Gasteiger partial charge < -0.3 is 4.57 Å². The van der Waals surface area contributed by atoms with E-state index in [1.54, 1.807) is 0 Å². The Morgan fingerprint density at radius 3 is 2.72 bits per heavy atom. The van der Waals surface area contributed by atoms with Crippen LogP contribution < -0.4 is 5.56 Å². The summed E-state index contributed by atoms with van der Waals surface area (Å²) < 4.78 is 3.37. The summed E-state index contributed by atoms with van der Waals surface area (Å²) in [4.78, 5) is 12.2. The van der Waals surface area contributed by atoms with Gasteiger partial charge in [-0.05, 0) is 11.6 Å². The van der Waals surface area contributed by atoms with Crippen LogP contribution in [-0.4, -0.2) is 14.3 Å². The van der Waals surface area contributed by atoms with Crippen LogP contribution in [0.15, 0.2) is 53.6 Å². The molecule has 18 heavy (non-hydrogen) atoms. The SMILES string of the molecule is Cn1ccc2nn(Cc3ccccc3)c(=O)c-2c1. The van der Waals surface area contributed by atoms with Crippen molar-refractivity contribution in [1.29, 1.82) is 0 Å². The Morgan fingerprint density at radius 1 is 1.17 bits per heavy atom. The normalized spacial score (nSPS) is 10.9. The second kappa shape index (κ2) is 4.14. The van der Waals surface area contributed by atoms with Crippen LogP contribution in [0.4, 0.5) is 0 Å². The van der Waals surface area contributed by atoms with E-state index in [0.717, 1.165) is 11.3 Å². The van der Waals surface area contributed by atoms with Crippen LogP contribution in [0, 0.1) is 0 Å². The van der Waals surface area contributed by atoms with Crippen LogP contribution in [0.1, 0.15) is 5.56 Å². The summed E-state index contributed by atoms with van der Waals surface area (Å²) in [5.74, 6) is 0. The number of hydrogen-bond donors (Lipinski definition) is 0. The number of aromatic nitrogens is 3. The maximum absolute atomic E-state index is 12.2. The Bertz CT molecular complexity index is 697. The lowest BCUT2D eigenvalue weighted by atomic mass is 10.2. The van der Waals surface area contributed by atoms with Crippen LogP contribution in [0.5, 0.6) is 0 Å². The van der Waals surface area contributed by atoms with Gasteiger partial charge in [0, 0.05) is 19.4 Å². The Kier molecular flexibility index (Phi) is 2.48. The molecule has 0 unspecified atom stereocenters. The van der Waals surface area contributed by atoms with Gasteiger partial charge in [-0.2, -0.15) is 5.10 Å². The maximum Gasteiger partial charge on any atom is 0.278 e. The highest BCUT2D eigenvalue weighted by Gasteiger charge is 2.14. The van der Waals surface area contributed by atoms with Crippen LogP contribution in [-0.2, 0) is 13.6 Å². The van der Waals surface area contributed by atoms with Gasteiger partial charge in [0.1, 0.15) is 0 Å². The zero-order valence-corrected chi connectivity index (χ0v) is 10.1. The van der Waals surface area contributed by atoms with Crippen molar-refractivity contribution in [2.75, 3.05) is 0 Å². The Balaban J connectivity index is 2.06. The second-order valence-electron chi connectivity index (χ2n) is 4.36. The van der Waals surface area contributed by atoms with Crippen molar-refractivity contribution in [2.45, 2.75) is 6.54 Å². The third-order valence-corrected chi connectivity index (χ3v) is 2.94. The Morgan fingerprint density at radius 2 is 1.94 bits per heavy atom. The smallest absolute Gasteiger partial charge is 0.278 e. The van der Waals surface area contributed by atoms with Crippen LogP contribution >= 0.6 is 0 Å². The standard InChI is InChI=1S/C14H13N3O/c1-16-8-7-13-12(10-16)14(18)17(15-13)9-11-5-3-2-4-6-11/h2-8,10H,9H2,1H3. The minimum atomic E-state index is -0.0370. The largest absolute Gasteiger partial charge is 0.356 e. The molecule has 0 radical (unpaired) electrons. The summed E-state index contributed by atoms with van der Waals surface area (Å²) in [5, 5.41) is 4.34. The van der Waals surface area contributed by atoms with Gasteiger partial charge in [0.2, 0.25) is 0 Å². The molecule has 0 N–H and O–H groups in total. The van der Waals surface area contributed by atoms with E-state index in [1.807, 2.05) is 60.4 Å². The third-order valence-electron chi connectivity index (χ3n) is 2.94. The van der Waals surface area contributed by atoms with Gasteiger partial charge in [0.15, 0.2) is 0 Å². The topological polar surface area (TPSA) is 39.8 Å². The van der Waals surface area contributed by atoms with Crippen LogP contribution in [0.3, 0.4) is 0 Å². The molecule has 4 nitrogen and oxygen atoms in total. The van der Waals surface area contributed by atoms with Crippen molar-refractivity contribution in [3.05, 3.63) is 64.7 Å².